The number of nitrogens with zero attached hydrogens (tertiary/aromatic N) is 2. The summed E-state index contributed by atoms with van der Waals surface area (Å²) >= 11 is 5.92. The first-order chi connectivity index (χ1) is 13.1. The molecule has 4 rings (SSSR count). The smallest absolute Gasteiger partial charge is 0.271 e. The number of carbonyl (C=O) groups excluding carboxylic acids is 1. The molecule has 27 heavy (non-hydrogen) atoms. The predicted molar refractivity (Wildman–Crippen MR) is 101 cm³/mol. The zero-order chi connectivity index (χ0) is 18.8. The number of carbonyl (C=O) groups is 1. The number of aromatic nitrogens is 2. The molecule has 6 nitrogen and oxygen atoms in total. The number of benzene rings is 1. The Morgan fingerprint density at radius 3 is 2.85 bits per heavy atom. The number of hydrogen-bond donors (Lipinski definition) is 1. The second-order valence-corrected chi connectivity index (χ2v) is 6.99. The SMILES string of the molecule is O=C(c1cccc(=O)[nH]1)N1CCC[C@@H]1c1ncc(Cc2ccc(Cl)cc2)o1. The van der Waals surface area contributed by atoms with Gasteiger partial charge in [0.25, 0.3) is 5.91 Å². The second-order valence-electron chi connectivity index (χ2n) is 6.55. The summed E-state index contributed by atoms with van der Waals surface area (Å²) in [5, 5.41) is 0.691. The molecule has 2 aromatic heterocycles. The van der Waals surface area contributed by atoms with Crippen molar-refractivity contribution in [3.05, 3.63) is 86.9 Å². The minimum absolute atomic E-state index is 0.215. The molecular weight excluding hydrogens is 366 g/mol. The Morgan fingerprint density at radius 1 is 1.26 bits per heavy atom. The van der Waals surface area contributed by atoms with Gasteiger partial charge in [-0.2, -0.15) is 0 Å². The molecule has 3 aromatic rings. The Hall–Kier alpha value is -2.86. The molecule has 0 saturated carbocycles. The van der Waals surface area contributed by atoms with Crippen LogP contribution in [0.3, 0.4) is 0 Å². The van der Waals surface area contributed by atoms with Gasteiger partial charge in [0.05, 0.1) is 6.20 Å². The summed E-state index contributed by atoms with van der Waals surface area (Å²) in [6.07, 6.45) is 3.96. The average molecular weight is 384 g/mol. The molecule has 1 aromatic carbocycles. The molecule has 0 radical (unpaired) electrons. The van der Waals surface area contributed by atoms with Gasteiger partial charge in [-0.3, -0.25) is 9.59 Å². The first kappa shape index (κ1) is 17.5. The number of pyridine rings is 1. The Labute approximate surface area is 160 Å². The summed E-state index contributed by atoms with van der Waals surface area (Å²) in [6.45, 7) is 0.606. The van der Waals surface area contributed by atoms with E-state index in [1.807, 2.05) is 24.3 Å². The molecule has 1 amide bonds. The van der Waals surface area contributed by atoms with Crippen LogP contribution in [0, 0.1) is 0 Å². The van der Waals surface area contributed by atoms with E-state index in [-0.39, 0.29) is 23.2 Å². The van der Waals surface area contributed by atoms with Crippen LogP contribution in [0.1, 0.15) is 46.6 Å². The molecule has 0 aliphatic carbocycles. The lowest BCUT2D eigenvalue weighted by Crippen LogP contribution is -2.32. The zero-order valence-electron chi connectivity index (χ0n) is 14.5. The van der Waals surface area contributed by atoms with Crippen molar-refractivity contribution >= 4 is 17.5 Å². The molecule has 7 heteroatoms. The highest BCUT2D eigenvalue weighted by molar-refractivity contribution is 6.30. The van der Waals surface area contributed by atoms with Crippen molar-refractivity contribution in [2.75, 3.05) is 6.54 Å². The van der Waals surface area contributed by atoms with E-state index in [4.69, 9.17) is 16.0 Å². The van der Waals surface area contributed by atoms with Crippen molar-refractivity contribution in [3.63, 3.8) is 0 Å². The van der Waals surface area contributed by atoms with Crippen LogP contribution in [0.15, 0.2) is 57.9 Å². The van der Waals surface area contributed by atoms with Crippen LogP contribution in [0.4, 0.5) is 0 Å². The fraction of sp³-hybridized carbons (Fsp3) is 0.250. The first-order valence-electron chi connectivity index (χ1n) is 8.79. The molecule has 138 valence electrons. The van der Waals surface area contributed by atoms with E-state index in [2.05, 4.69) is 9.97 Å². The maximum atomic E-state index is 12.8. The number of rotatable bonds is 4. The Bertz CT molecular complexity index is 1010. The molecule has 0 bridgehead atoms. The molecule has 0 spiro atoms. The van der Waals surface area contributed by atoms with E-state index in [9.17, 15) is 9.59 Å². The van der Waals surface area contributed by atoms with Crippen molar-refractivity contribution in [2.24, 2.45) is 0 Å². The lowest BCUT2D eigenvalue weighted by Gasteiger charge is -2.22. The third-order valence-corrected chi connectivity index (χ3v) is 4.91. The monoisotopic (exact) mass is 383 g/mol. The third kappa shape index (κ3) is 3.80. The largest absolute Gasteiger partial charge is 0.443 e. The number of nitrogens with one attached hydrogen (secondary N) is 1. The zero-order valence-corrected chi connectivity index (χ0v) is 15.3. The number of hydrogen-bond acceptors (Lipinski definition) is 4. The van der Waals surface area contributed by atoms with E-state index >= 15 is 0 Å². The molecule has 1 atom stereocenters. The van der Waals surface area contributed by atoms with Crippen LogP contribution in [0.5, 0.6) is 0 Å². The van der Waals surface area contributed by atoms with Gasteiger partial charge in [-0.25, -0.2) is 4.98 Å². The van der Waals surface area contributed by atoms with Gasteiger partial charge in [-0.05, 0) is 36.6 Å². The standard InChI is InChI=1S/C20H18ClN3O3/c21-14-8-6-13(7-9-14)11-15-12-22-19(27-15)17-4-2-10-24(17)20(26)16-3-1-5-18(25)23-16/h1,3,5-9,12,17H,2,4,10-11H2,(H,23,25)/t17-/m1/s1. The lowest BCUT2D eigenvalue weighted by atomic mass is 10.1. The molecule has 1 aliphatic rings. The fourth-order valence-corrected chi connectivity index (χ4v) is 3.48. The van der Waals surface area contributed by atoms with Crippen LogP contribution in [0.25, 0.3) is 0 Å². The highest BCUT2D eigenvalue weighted by Gasteiger charge is 2.34. The Morgan fingerprint density at radius 2 is 2.07 bits per heavy atom. The average Bonchev–Trinajstić information content (AvgIpc) is 3.32. The van der Waals surface area contributed by atoms with Gasteiger partial charge in [0, 0.05) is 24.1 Å². The van der Waals surface area contributed by atoms with E-state index in [0.29, 0.717) is 23.9 Å². The van der Waals surface area contributed by atoms with Crippen LogP contribution < -0.4 is 5.56 Å². The van der Waals surface area contributed by atoms with E-state index in [0.717, 1.165) is 24.2 Å². The van der Waals surface area contributed by atoms with Gasteiger partial charge in [-0.15, -0.1) is 0 Å². The van der Waals surface area contributed by atoms with Gasteiger partial charge in [0.15, 0.2) is 0 Å². The van der Waals surface area contributed by atoms with Gasteiger partial charge in [-0.1, -0.05) is 29.8 Å². The van der Waals surface area contributed by atoms with Crippen molar-refractivity contribution < 1.29 is 9.21 Å². The maximum absolute atomic E-state index is 12.8. The third-order valence-electron chi connectivity index (χ3n) is 4.66. The minimum Gasteiger partial charge on any atom is -0.443 e. The van der Waals surface area contributed by atoms with Crippen LogP contribution in [0.2, 0.25) is 5.02 Å². The number of likely N-dealkylation sites (tertiary alicyclic amines) is 1. The molecule has 0 unspecified atom stereocenters. The van der Waals surface area contributed by atoms with Crippen LogP contribution >= 0.6 is 11.6 Å². The van der Waals surface area contributed by atoms with Gasteiger partial charge in [0.2, 0.25) is 11.4 Å². The summed E-state index contributed by atoms with van der Waals surface area (Å²) in [4.78, 5) is 33.0. The number of H-pyrrole nitrogens is 1. The molecule has 3 heterocycles. The summed E-state index contributed by atoms with van der Waals surface area (Å²) in [6, 6.07) is 11.9. The quantitative estimate of drug-likeness (QED) is 0.746. The van der Waals surface area contributed by atoms with Gasteiger partial charge in [0.1, 0.15) is 17.5 Å². The summed E-state index contributed by atoms with van der Waals surface area (Å²) in [5.74, 6) is 1.05. The second kappa shape index (κ2) is 7.40. The van der Waals surface area contributed by atoms with Gasteiger partial charge >= 0.3 is 0 Å². The number of oxazole rings is 1. The topological polar surface area (TPSA) is 79.2 Å². The van der Waals surface area contributed by atoms with E-state index in [1.54, 1.807) is 23.2 Å². The molecular formula is C20H18ClN3O3. The summed E-state index contributed by atoms with van der Waals surface area (Å²) in [7, 11) is 0. The van der Waals surface area contributed by atoms with Crippen molar-refractivity contribution in [3.8, 4) is 0 Å². The van der Waals surface area contributed by atoms with Crippen molar-refractivity contribution in [1.29, 1.82) is 0 Å². The highest BCUT2D eigenvalue weighted by atomic mass is 35.5. The van der Waals surface area contributed by atoms with Crippen LogP contribution in [-0.2, 0) is 6.42 Å². The molecule has 1 N–H and O–H groups in total. The molecule has 1 aliphatic heterocycles. The Balaban J connectivity index is 1.52. The van der Waals surface area contributed by atoms with Crippen molar-refractivity contribution in [1.82, 2.24) is 14.9 Å². The fourth-order valence-electron chi connectivity index (χ4n) is 3.36. The highest BCUT2D eigenvalue weighted by Crippen LogP contribution is 2.32. The lowest BCUT2D eigenvalue weighted by molar-refractivity contribution is 0.0708. The number of aromatic amines is 1. The minimum atomic E-state index is -0.294. The Kier molecular flexibility index (Phi) is 4.81. The number of amides is 1. The van der Waals surface area contributed by atoms with Gasteiger partial charge < -0.3 is 14.3 Å². The van der Waals surface area contributed by atoms with Crippen LogP contribution in [-0.4, -0.2) is 27.3 Å². The van der Waals surface area contributed by atoms with Crippen molar-refractivity contribution in [2.45, 2.75) is 25.3 Å². The molecule has 1 fully saturated rings. The predicted octanol–water partition coefficient (Wildman–Crippen LogP) is 3.58. The first-order valence-corrected chi connectivity index (χ1v) is 9.17. The number of halogens is 1. The van der Waals surface area contributed by atoms with E-state index in [1.165, 1.54) is 6.07 Å². The van der Waals surface area contributed by atoms with E-state index < -0.39 is 0 Å². The normalized spacial score (nSPS) is 16.6. The maximum Gasteiger partial charge on any atom is 0.271 e. The molecule has 1 saturated heterocycles. The summed E-state index contributed by atoms with van der Waals surface area (Å²) < 4.78 is 5.93. The summed E-state index contributed by atoms with van der Waals surface area (Å²) in [5.41, 5.74) is 1.06.